The number of nitrogens with zero attached hydrogens (tertiary/aromatic N) is 2. The second kappa shape index (κ2) is 8.37. The summed E-state index contributed by atoms with van der Waals surface area (Å²) >= 11 is 12.0. The van der Waals surface area contributed by atoms with Crippen molar-refractivity contribution in [2.24, 2.45) is 10.9 Å². The first kappa shape index (κ1) is 18.0. The van der Waals surface area contributed by atoms with Gasteiger partial charge in [0.05, 0.1) is 41.1 Å². The maximum Gasteiger partial charge on any atom is 0.340 e. The number of rotatable bonds is 5. The van der Waals surface area contributed by atoms with Gasteiger partial charge in [-0.15, -0.1) is 0 Å². The smallest absolute Gasteiger partial charge is 0.340 e. The van der Waals surface area contributed by atoms with Gasteiger partial charge in [0.2, 0.25) is 0 Å². The van der Waals surface area contributed by atoms with Gasteiger partial charge in [0, 0.05) is 6.21 Å². The van der Waals surface area contributed by atoms with E-state index in [1.165, 1.54) is 19.2 Å². The summed E-state index contributed by atoms with van der Waals surface area (Å²) in [5.74, 6) is -2.60. The van der Waals surface area contributed by atoms with Crippen molar-refractivity contribution < 1.29 is 19.1 Å². The Balaban J connectivity index is 3.13. The van der Waals surface area contributed by atoms with Gasteiger partial charge in [0.1, 0.15) is 0 Å². The molecule has 1 unspecified atom stereocenters. The minimum absolute atomic E-state index is 0.0313. The van der Waals surface area contributed by atoms with Crippen LogP contribution in [0.15, 0.2) is 17.1 Å². The van der Waals surface area contributed by atoms with Gasteiger partial charge in [-0.3, -0.25) is 9.79 Å². The fourth-order valence-electron chi connectivity index (χ4n) is 1.46. The zero-order valence-electron chi connectivity index (χ0n) is 11.8. The first-order chi connectivity index (χ1) is 10.5. The van der Waals surface area contributed by atoms with Gasteiger partial charge >= 0.3 is 11.9 Å². The number of carbonyl (C=O) groups excluding carboxylic acids is 2. The Kier molecular flexibility index (Phi) is 6.83. The van der Waals surface area contributed by atoms with Crippen LogP contribution >= 0.6 is 23.2 Å². The molecule has 0 amide bonds. The molecule has 0 aromatic heterocycles. The number of hydrogen-bond donors (Lipinski definition) is 0. The highest BCUT2D eigenvalue weighted by Crippen LogP contribution is 2.34. The van der Waals surface area contributed by atoms with Gasteiger partial charge in [-0.2, -0.15) is 5.26 Å². The van der Waals surface area contributed by atoms with Crippen LogP contribution in [0.4, 0.5) is 5.69 Å². The number of methoxy groups -OCH3 is 1. The normalized spacial score (nSPS) is 11.8. The number of nitriles is 1. The molecule has 8 heteroatoms. The van der Waals surface area contributed by atoms with E-state index in [2.05, 4.69) is 9.73 Å². The molecule has 0 N–H and O–H groups in total. The Labute approximate surface area is 137 Å². The molecule has 0 saturated carbocycles. The molecule has 0 aliphatic carbocycles. The summed E-state index contributed by atoms with van der Waals surface area (Å²) < 4.78 is 9.31. The highest BCUT2D eigenvalue weighted by Gasteiger charge is 2.20. The molecule has 0 aliphatic heterocycles. The van der Waals surface area contributed by atoms with E-state index in [9.17, 15) is 9.59 Å². The molecule has 0 spiro atoms. The predicted octanol–water partition coefficient (Wildman–Crippen LogP) is 3.19. The summed E-state index contributed by atoms with van der Waals surface area (Å²) in [4.78, 5) is 27.1. The Morgan fingerprint density at radius 1 is 1.45 bits per heavy atom. The van der Waals surface area contributed by atoms with Crippen molar-refractivity contribution in [1.29, 1.82) is 5.26 Å². The number of benzene rings is 1. The number of ether oxygens (including phenoxy) is 2. The third-order valence-electron chi connectivity index (χ3n) is 2.50. The van der Waals surface area contributed by atoms with Crippen LogP contribution in [0, 0.1) is 17.2 Å². The molecule has 1 aromatic rings. The zero-order valence-corrected chi connectivity index (χ0v) is 13.3. The highest BCUT2D eigenvalue weighted by molar-refractivity contribution is 6.40. The van der Waals surface area contributed by atoms with Crippen molar-refractivity contribution in [2.45, 2.75) is 6.92 Å². The van der Waals surface area contributed by atoms with E-state index in [1.54, 1.807) is 13.0 Å². The Hall–Kier alpha value is -2.10. The van der Waals surface area contributed by atoms with E-state index in [4.69, 9.17) is 33.2 Å². The van der Waals surface area contributed by atoms with E-state index < -0.39 is 17.9 Å². The third-order valence-corrected chi connectivity index (χ3v) is 3.20. The quantitative estimate of drug-likeness (QED) is 0.605. The van der Waals surface area contributed by atoms with Gasteiger partial charge in [-0.05, 0) is 19.1 Å². The molecule has 0 fully saturated rings. The van der Waals surface area contributed by atoms with Gasteiger partial charge in [0.25, 0.3) is 0 Å². The minimum atomic E-state index is -1.17. The average Bonchev–Trinajstić information content (AvgIpc) is 2.49. The van der Waals surface area contributed by atoms with Gasteiger partial charge in [0.15, 0.2) is 5.92 Å². The fourth-order valence-corrected chi connectivity index (χ4v) is 2.04. The minimum Gasteiger partial charge on any atom is -0.465 e. The second-order valence-electron chi connectivity index (χ2n) is 3.88. The summed E-state index contributed by atoms with van der Waals surface area (Å²) in [5, 5.41) is 9.00. The average molecular weight is 343 g/mol. The molecule has 0 bridgehead atoms. The van der Waals surface area contributed by atoms with Crippen LogP contribution in [0.1, 0.15) is 17.3 Å². The number of esters is 2. The predicted molar refractivity (Wildman–Crippen MR) is 81.7 cm³/mol. The van der Waals surface area contributed by atoms with Crippen molar-refractivity contribution >= 4 is 47.0 Å². The van der Waals surface area contributed by atoms with Crippen molar-refractivity contribution in [2.75, 3.05) is 13.7 Å². The van der Waals surface area contributed by atoms with Crippen LogP contribution in [0.25, 0.3) is 0 Å². The van der Waals surface area contributed by atoms with Crippen LogP contribution in [0.5, 0.6) is 0 Å². The summed E-state index contributed by atoms with van der Waals surface area (Å²) in [6.45, 7) is 1.78. The first-order valence-corrected chi connectivity index (χ1v) is 6.88. The molecule has 0 aliphatic rings. The van der Waals surface area contributed by atoms with Crippen LogP contribution < -0.4 is 0 Å². The summed E-state index contributed by atoms with van der Waals surface area (Å²) in [6, 6.07) is 4.62. The summed E-state index contributed by atoms with van der Waals surface area (Å²) in [7, 11) is 1.19. The lowest BCUT2D eigenvalue weighted by Crippen LogP contribution is -2.17. The van der Waals surface area contributed by atoms with E-state index in [0.29, 0.717) is 0 Å². The molecule has 0 heterocycles. The molecule has 116 valence electrons. The molecule has 1 atom stereocenters. The maximum atomic E-state index is 11.6. The van der Waals surface area contributed by atoms with Crippen molar-refractivity contribution in [3.05, 3.63) is 27.7 Å². The highest BCUT2D eigenvalue weighted by atomic mass is 35.5. The summed E-state index contributed by atoms with van der Waals surface area (Å²) in [6.07, 6.45) is 1.09. The number of halogens is 2. The monoisotopic (exact) mass is 342 g/mol. The lowest BCUT2D eigenvalue weighted by atomic mass is 10.2. The standard InChI is InChI=1S/C14H12Cl2N2O4/c1-3-22-13(19)8(6-17)7-18-10-5-4-9(15)11(12(10)16)14(20)21-2/h4-5,7-8H,3H2,1-2H3. The topological polar surface area (TPSA) is 88.8 Å². The third kappa shape index (κ3) is 4.20. The van der Waals surface area contributed by atoms with Crippen LogP contribution in [0.3, 0.4) is 0 Å². The number of hydrogen-bond acceptors (Lipinski definition) is 6. The molecule has 0 saturated heterocycles. The lowest BCUT2D eigenvalue weighted by Gasteiger charge is -2.07. The van der Waals surface area contributed by atoms with Crippen LogP contribution in [-0.2, 0) is 14.3 Å². The molecule has 1 aromatic carbocycles. The van der Waals surface area contributed by atoms with E-state index >= 15 is 0 Å². The molecule has 6 nitrogen and oxygen atoms in total. The van der Waals surface area contributed by atoms with E-state index in [0.717, 1.165) is 6.21 Å². The molecule has 1 rings (SSSR count). The van der Waals surface area contributed by atoms with Crippen molar-refractivity contribution in [3.8, 4) is 6.07 Å². The summed E-state index contributed by atoms with van der Waals surface area (Å²) in [5.41, 5.74) is 0.140. The number of carbonyl (C=O) groups is 2. The van der Waals surface area contributed by atoms with Crippen molar-refractivity contribution in [3.63, 3.8) is 0 Å². The molecule has 22 heavy (non-hydrogen) atoms. The van der Waals surface area contributed by atoms with E-state index in [-0.39, 0.29) is 27.9 Å². The zero-order chi connectivity index (χ0) is 16.7. The lowest BCUT2D eigenvalue weighted by molar-refractivity contribution is -0.143. The Morgan fingerprint density at radius 2 is 2.14 bits per heavy atom. The molecular formula is C14H12Cl2N2O4. The van der Waals surface area contributed by atoms with Gasteiger partial charge in [-0.1, -0.05) is 23.2 Å². The second-order valence-corrected chi connectivity index (χ2v) is 4.67. The largest absolute Gasteiger partial charge is 0.465 e. The Morgan fingerprint density at radius 3 is 2.68 bits per heavy atom. The Bertz CT molecular complexity index is 653. The van der Waals surface area contributed by atoms with E-state index in [1.807, 2.05) is 0 Å². The fraction of sp³-hybridized carbons (Fsp3) is 0.286. The number of aliphatic imine (C=N–C) groups is 1. The van der Waals surface area contributed by atoms with Gasteiger partial charge < -0.3 is 9.47 Å². The molecule has 0 radical (unpaired) electrons. The molecular weight excluding hydrogens is 331 g/mol. The van der Waals surface area contributed by atoms with Crippen LogP contribution in [-0.4, -0.2) is 31.9 Å². The maximum absolute atomic E-state index is 11.6. The van der Waals surface area contributed by atoms with Crippen molar-refractivity contribution in [1.82, 2.24) is 0 Å². The van der Waals surface area contributed by atoms with Crippen LogP contribution in [0.2, 0.25) is 10.0 Å². The SMILES string of the molecule is CCOC(=O)C(C#N)C=Nc1ccc(Cl)c(C(=O)OC)c1Cl. The first-order valence-electron chi connectivity index (χ1n) is 6.13. The van der Waals surface area contributed by atoms with Gasteiger partial charge in [-0.25, -0.2) is 4.79 Å².